The lowest BCUT2D eigenvalue weighted by atomic mass is 9.99. The molecule has 1 amide bonds. The van der Waals surface area contributed by atoms with Crippen LogP contribution in [0.4, 0.5) is 5.13 Å². The molecular formula is C27H23N5O3S. The van der Waals surface area contributed by atoms with Crippen LogP contribution in [-0.4, -0.2) is 40.1 Å². The molecule has 8 nitrogen and oxygen atoms in total. The van der Waals surface area contributed by atoms with Crippen molar-refractivity contribution in [2.45, 2.75) is 13.8 Å². The number of hydrogen-bond donors (Lipinski definition) is 1. The summed E-state index contributed by atoms with van der Waals surface area (Å²) < 4.78 is 11.7. The van der Waals surface area contributed by atoms with Gasteiger partial charge in [-0.25, -0.2) is 4.98 Å². The number of carbonyl (C=O) groups excluding carboxylic acids is 1. The third kappa shape index (κ3) is 4.60. The van der Waals surface area contributed by atoms with Crippen LogP contribution in [0.3, 0.4) is 0 Å². The molecule has 1 aromatic carbocycles. The van der Waals surface area contributed by atoms with Crippen molar-refractivity contribution in [3.63, 3.8) is 0 Å². The van der Waals surface area contributed by atoms with E-state index >= 15 is 0 Å². The zero-order valence-corrected chi connectivity index (χ0v) is 21.0. The molecule has 0 unspecified atom stereocenters. The predicted molar refractivity (Wildman–Crippen MR) is 141 cm³/mol. The zero-order chi connectivity index (χ0) is 25.2. The molecule has 0 aliphatic rings. The number of hydrogen-bond acceptors (Lipinski definition) is 8. The zero-order valence-electron chi connectivity index (χ0n) is 20.2. The topological polar surface area (TPSA) is 99.1 Å². The predicted octanol–water partition coefficient (Wildman–Crippen LogP) is 5.70. The van der Waals surface area contributed by atoms with E-state index in [1.807, 2.05) is 56.3 Å². The Balaban J connectivity index is 1.46. The summed E-state index contributed by atoms with van der Waals surface area (Å²) in [5.74, 6) is 1.06. The molecule has 0 aliphatic heterocycles. The van der Waals surface area contributed by atoms with Crippen molar-refractivity contribution in [1.82, 2.24) is 19.9 Å². The lowest BCUT2D eigenvalue weighted by molar-refractivity contribution is 0.102. The molecule has 180 valence electrons. The summed E-state index contributed by atoms with van der Waals surface area (Å²) in [4.78, 5) is 31.1. The Morgan fingerprint density at radius 1 is 0.861 bits per heavy atom. The van der Waals surface area contributed by atoms with Crippen LogP contribution in [0.15, 0.2) is 61.1 Å². The number of fused-ring (bicyclic) bond motifs is 1. The number of benzene rings is 1. The van der Waals surface area contributed by atoms with Gasteiger partial charge in [0.05, 0.1) is 42.6 Å². The molecule has 4 heterocycles. The lowest BCUT2D eigenvalue weighted by Crippen LogP contribution is -2.14. The van der Waals surface area contributed by atoms with Gasteiger partial charge in [0.2, 0.25) is 0 Å². The molecule has 0 saturated carbocycles. The van der Waals surface area contributed by atoms with Crippen LogP contribution in [0.1, 0.15) is 21.7 Å². The first-order valence-electron chi connectivity index (χ1n) is 11.1. The Hall–Kier alpha value is -4.37. The van der Waals surface area contributed by atoms with Gasteiger partial charge in [0.15, 0.2) is 5.13 Å². The Labute approximate surface area is 212 Å². The maximum Gasteiger partial charge on any atom is 0.259 e. The third-order valence-corrected chi connectivity index (χ3v) is 6.61. The van der Waals surface area contributed by atoms with E-state index in [0.29, 0.717) is 27.5 Å². The highest BCUT2D eigenvalue weighted by atomic mass is 32.1. The number of nitrogens with zero attached hydrogens (tertiary/aromatic N) is 4. The Bertz CT molecular complexity index is 1580. The Morgan fingerprint density at radius 2 is 1.58 bits per heavy atom. The highest BCUT2D eigenvalue weighted by molar-refractivity contribution is 7.22. The van der Waals surface area contributed by atoms with Gasteiger partial charge in [-0.1, -0.05) is 11.3 Å². The quantitative estimate of drug-likeness (QED) is 0.321. The standard InChI is InChI=1S/C27H23N5O3S/c1-15-9-19(20-10-16(2)29-14-24(20)35-4)21(12-28-15)26(33)32-27-31-23-13-30-22(11-25(23)36-27)17-5-7-18(34-3)8-6-17/h5-14H,1-4H3,(H,31,32,33). The van der Waals surface area contributed by atoms with Crippen molar-refractivity contribution in [1.29, 1.82) is 0 Å². The molecule has 0 bridgehead atoms. The van der Waals surface area contributed by atoms with Crippen LogP contribution < -0.4 is 14.8 Å². The average Bonchev–Trinajstić information content (AvgIpc) is 3.30. The van der Waals surface area contributed by atoms with Crippen LogP contribution in [0.2, 0.25) is 0 Å². The van der Waals surface area contributed by atoms with Crippen molar-refractivity contribution >= 4 is 32.6 Å². The normalized spacial score (nSPS) is 10.9. The Kier molecular flexibility index (Phi) is 6.30. The van der Waals surface area contributed by atoms with E-state index < -0.39 is 0 Å². The highest BCUT2D eigenvalue weighted by Crippen LogP contribution is 2.34. The van der Waals surface area contributed by atoms with Crippen LogP contribution in [0.5, 0.6) is 11.5 Å². The highest BCUT2D eigenvalue weighted by Gasteiger charge is 2.19. The van der Waals surface area contributed by atoms with Crippen molar-refractivity contribution in [2.24, 2.45) is 0 Å². The molecular weight excluding hydrogens is 474 g/mol. The molecule has 0 spiro atoms. The van der Waals surface area contributed by atoms with Gasteiger partial charge in [0.1, 0.15) is 17.0 Å². The minimum Gasteiger partial charge on any atom is -0.497 e. The number of ether oxygens (including phenoxy) is 2. The molecule has 5 rings (SSSR count). The SMILES string of the molecule is COc1ccc(-c2cc3sc(NC(=O)c4cnc(C)cc4-c4cc(C)ncc4OC)nc3cn2)cc1. The summed E-state index contributed by atoms with van der Waals surface area (Å²) in [6, 6.07) is 13.4. The fourth-order valence-corrected chi connectivity index (χ4v) is 4.72. The molecule has 4 aromatic heterocycles. The van der Waals surface area contributed by atoms with Crippen LogP contribution >= 0.6 is 11.3 Å². The molecule has 1 N–H and O–H groups in total. The molecule has 5 aromatic rings. The van der Waals surface area contributed by atoms with Crippen LogP contribution in [-0.2, 0) is 0 Å². The Morgan fingerprint density at radius 3 is 2.31 bits per heavy atom. The summed E-state index contributed by atoms with van der Waals surface area (Å²) in [5, 5.41) is 3.41. The summed E-state index contributed by atoms with van der Waals surface area (Å²) in [6.07, 6.45) is 4.94. The second-order valence-electron chi connectivity index (χ2n) is 8.14. The monoisotopic (exact) mass is 497 g/mol. The number of aromatic nitrogens is 4. The average molecular weight is 498 g/mol. The number of rotatable bonds is 6. The van der Waals surface area contributed by atoms with Gasteiger partial charge in [0, 0.05) is 34.3 Å². The van der Waals surface area contributed by atoms with Crippen molar-refractivity contribution < 1.29 is 14.3 Å². The van der Waals surface area contributed by atoms with Gasteiger partial charge in [0.25, 0.3) is 5.91 Å². The fourth-order valence-electron chi connectivity index (χ4n) is 3.85. The minimum absolute atomic E-state index is 0.309. The molecule has 0 aliphatic carbocycles. The first-order valence-corrected chi connectivity index (χ1v) is 12.0. The molecule has 0 fully saturated rings. The van der Waals surface area contributed by atoms with Crippen molar-refractivity contribution in [3.05, 3.63) is 78.0 Å². The first kappa shape index (κ1) is 23.4. The molecule has 36 heavy (non-hydrogen) atoms. The molecule has 0 atom stereocenters. The number of methoxy groups -OCH3 is 2. The number of anilines is 1. The van der Waals surface area contributed by atoms with E-state index in [0.717, 1.165) is 38.7 Å². The summed E-state index contributed by atoms with van der Waals surface area (Å²) in [5.41, 5.74) is 6.01. The van der Waals surface area contributed by atoms with Crippen LogP contribution in [0, 0.1) is 13.8 Å². The fraction of sp³-hybridized carbons (Fsp3) is 0.148. The van der Waals surface area contributed by atoms with Gasteiger partial charge >= 0.3 is 0 Å². The number of thiazole rings is 1. The first-order chi connectivity index (χ1) is 17.4. The van der Waals surface area contributed by atoms with E-state index in [4.69, 9.17) is 9.47 Å². The summed E-state index contributed by atoms with van der Waals surface area (Å²) >= 11 is 1.39. The van der Waals surface area contributed by atoms with Gasteiger partial charge < -0.3 is 9.47 Å². The molecule has 0 saturated heterocycles. The minimum atomic E-state index is -0.309. The second-order valence-corrected chi connectivity index (χ2v) is 9.17. The van der Waals surface area contributed by atoms with Gasteiger partial charge in [-0.15, -0.1) is 0 Å². The largest absolute Gasteiger partial charge is 0.497 e. The maximum absolute atomic E-state index is 13.4. The third-order valence-electron chi connectivity index (χ3n) is 5.68. The van der Waals surface area contributed by atoms with Crippen molar-refractivity contribution in [2.75, 3.05) is 19.5 Å². The van der Waals surface area contributed by atoms with E-state index in [1.54, 1.807) is 32.8 Å². The van der Waals surface area contributed by atoms with Gasteiger partial charge in [-0.05, 0) is 56.3 Å². The molecule has 0 radical (unpaired) electrons. The smallest absolute Gasteiger partial charge is 0.259 e. The number of amides is 1. The summed E-state index contributed by atoms with van der Waals surface area (Å²) in [6.45, 7) is 3.78. The van der Waals surface area contributed by atoms with E-state index in [2.05, 4.69) is 25.3 Å². The van der Waals surface area contributed by atoms with Crippen LogP contribution in [0.25, 0.3) is 32.6 Å². The van der Waals surface area contributed by atoms with E-state index in [9.17, 15) is 4.79 Å². The summed E-state index contributed by atoms with van der Waals surface area (Å²) in [7, 11) is 3.22. The number of nitrogens with one attached hydrogen (secondary N) is 1. The van der Waals surface area contributed by atoms with E-state index in [1.165, 1.54) is 11.3 Å². The van der Waals surface area contributed by atoms with Gasteiger partial charge in [-0.3, -0.25) is 25.1 Å². The molecule has 9 heteroatoms. The lowest BCUT2D eigenvalue weighted by Gasteiger charge is -2.13. The van der Waals surface area contributed by atoms with E-state index in [-0.39, 0.29) is 5.91 Å². The van der Waals surface area contributed by atoms with Gasteiger partial charge in [-0.2, -0.15) is 0 Å². The maximum atomic E-state index is 13.4. The second kappa shape index (κ2) is 9.71. The number of pyridine rings is 3. The number of carbonyl (C=O) groups is 1. The number of aryl methyl sites for hydroxylation is 2. The van der Waals surface area contributed by atoms with Crippen molar-refractivity contribution in [3.8, 4) is 33.9 Å².